The van der Waals surface area contributed by atoms with E-state index in [1.807, 2.05) is 41.8 Å². The van der Waals surface area contributed by atoms with Crippen molar-refractivity contribution >= 4 is 23.2 Å². The van der Waals surface area contributed by atoms with Crippen LogP contribution < -0.4 is 11.1 Å². The Hall–Kier alpha value is -2.18. The summed E-state index contributed by atoms with van der Waals surface area (Å²) in [7, 11) is 1.61. The number of amides is 2. The van der Waals surface area contributed by atoms with Crippen molar-refractivity contribution in [2.75, 3.05) is 20.1 Å². The highest BCUT2D eigenvalue weighted by Crippen LogP contribution is 2.11. The summed E-state index contributed by atoms with van der Waals surface area (Å²) >= 11 is 1.36. The number of likely N-dealkylation sites (N-methyl/N-ethyl adjacent to an activating group) is 1. The van der Waals surface area contributed by atoms with Gasteiger partial charge in [-0.1, -0.05) is 36.4 Å². The van der Waals surface area contributed by atoms with Crippen LogP contribution >= 0.6 is 11.3 Å². The van der Waals surface area contributed by atoms with Crippen LogP contribution in [0.4, 0.5) is 0 Å². The van der Waals surface area contributed by atoms with Crippen LogP contribution in [0.1, 0.15) is 21.3 Å². The highest BCUT2D eigenvalue weighted by molar-refractivity contribution is 7.12. The van der Waals surface area contributed by atoms with E-state index in [-0.39, 0.29) is 24.4 Å². The Kier molecular flexibility index (Phi) is 5.68. The zero-order valence-electron chi connectivity index (χ0n) is 12.4. The van der Waals surface area contributed by atoms with Crippen LogP contribution in [0.2, 0.25) is 0 Å². The van der Waals surface area contributed by atoms with E-state index in [4.69, 9.17) is 5.73 Å². The monoisotopic (exact) mass is 317 g/mol. The molecule has 2 aromatic rings. The molecule has 2 rings (SSSR count). The summed E-state index contributed by atoms with van der Waals surface area (Å²) in [6.45, 7) is 0.349. The third kappa shape index (κ3) is 4.41. The van der Waals surface area contributed by atoms with Gasteiger partial charge in [0.1, 0.15) is 0 Å². The summed E-state index contributed by atoms with van der Waals surface area (Å²) in [4.78, 5) is 26.0. The Morgan fingerprint density at radius 1 is 1.23 bits per heavy atom. The van der Waals surface area contributed by atoms with Crippen LogP contribution in [0.3, 0.4) is 0 Å². The van der Waals surface area contributed by atoms with Crippen LogP contribution in [0, 0.1) is 0 Å². The summed E-state index contributed by atoms with van der Waals surface area (Å²) in [5.41, 5.74) is 6.98. The predicted molar refractivity (Wildman–Crippen MR) is 87.7 cm³/mol. The first-order valence-electron chi connectivity index (χ1n) is 6.94. The lowest BCUT2D eigenvalue weighted by atomic mass is 10.1. The van der Waals surface area contributed by atoms with Gasteiger partial charge in [-0.25, -0.2) is 0 Å². The van der Waals surface area contributed by atoms with Gasteiger partial charge >= 0.3 is 0 Å². The maximum atomic E-state index is 12.0. The standard InChI is InChI=1S/C16H19N3O2S/c1-19(16(21)14-8-5-9-22-14)11-15(20)18-10-13(17)12-6-3-2-4-7-12/h2-9,13H,10-11,17H2,1H3,(H,18,20). The molecule has 116 valence electrons. The van der Waals surface area contributed by atoms with Gasteiger partial charge in [0.25, 0.3) is 5.91 Å². The Morgan fingerprint density at radius 3 is 2.59 bits per heavy atom. The molecule has 6 heteroatoms. The summed E-state index contributed by atoms with van der Waals surface area (Å²) in [5, 5.41) is 4.59. The minimum Gasteiger partial charge on any atom is -0.353 e. The second-order valence-electron chi connectivity index (χ2n) is 4.96. The summed E-state index contributed by atoms with van der Waals surface area (Å²) in [6.07, 6.45) is 0. The molecule has 1 unspecified atom stereocenters. The number of rotatable bonds is 6. The number of benzene rings is 1. The van der Waals surface area contributed by atoms with Gasteiger partial charge in [-0.05, 0) is 17.0 Å². The number of carbonyl (C=O) groups excluding carboxylic acids is 2. The van der Waals surface area contributed by atoms with Gasteiger partial charge in [-0.3, -0.25) is 9.59 Å². The molecule has 0 aliphatic rings. The molecule has 0 spiro atoms. The fraction of sp³-hybridized carbons (Fsp3) is 0.250. The molecule has 5 nitrogen and oxygen atoms in total. The molecule has 22 heavy (non-hydrogen) atoms. The fourth-order valence-corrected chi connectivity index (χ4v) is 2.69. The fourth-order valence-electron chi connectivity index (χ4n) is 1.97. The van der Waals surface area contributed by atoms with E-state index in [0.29, 0.717) is 11.4 Å². The Balaban J connectivity index is 1.79. The van der Waals surface area contributed by atoms with Gasteiger partial charge in [-0.15, -0.1) is 11.3 Å². The van der Waals surface area contributed by atoms with Crippen LogP contribution in [0.25, 0.3) is 0 Å². The maximum absolute atomic E-state index is 12.0. The Labute approximate surface area is 133 Å². The molecule has 1 aromatic heterocycles. The maximum Gasteiger partial charge on any atom is 0.264 e. The number of nitrogens with one attached hydrogen (secondary N) is 1. The lowest BCUT2D eigenvalue weighted by Crippen LogP contribution is -2.40. The van der Waals surface area contributed by atoms with Crippen molar-refractivity contribution in [3.05, 3.63) is 58.3 Å². The molecular weight excluding hydrogens is 298 g/mol. The third-order valence-electron chi connectivity index (χ3n) is 3.21. The summed E-state index contributed by atoms with van der Waals surface area (Å²) < 4.78 is 0. The summed E-state index contributed by atoms with van der Waals surface area (Å²) in [6, 6.07) is 12.9. The van der Waals surface area contributed by atoms with Gasteiger partial charge in [0, 0.05) is 19.6 Å². The second-order valence-corrected chi connectivity index (χ2v) is 5.91. The number of thiophene rings is 1. The van der Waals surface area contributed by atoms with Crippen molar-refractivity contribution in [3.63, 3.8) is 0 Å². The molecule has 1 heterocycles. The van der Waals surface area contributed by atoms with Crippen LogP contribution in [-0.2, 0) is 4.79 Å². The first kappa shape index (κ1) is 16.2. The topological polar surface area (TPSA) is 75.4 Å². The van der Waals surface area contributed by atoms with E-state index in [1.54, 1.807) is 13.1 Å². The van der Waals surface area contributed by atoms with Gasteiger partial charge in [-0.2, -0.15) is 0 Å². The third-order valence-corrected chi connectivity index (χ3v) is 4.06. The second kappa shape index (κ2) is 7.72. The average molecular weight is 317 g/mol. The number of nitrogens with zero attached hydrogens (tertiary/aromatic N) is 1. The molecule has 0 fully saturated rings. The molecule has 3 N–H and O–H groups in total. The first-order valence-corrected chi connectivity index (χ1v) is 7.82. The van der Waals surface area contributed by atoms with Crippen molar-refractivity contribution in [1.82, 2.24) is 10.2 Å². The average Bonchev–Trinajstić information content (AvgIpc) is 3.07. The van der Waals surface area contributed by atoms with E-state index in [0.717, 1.165) is 5.56 Å². The Bertz CT molecular complexity index is 614. The van der Waals surface area contributed by atoms with E-state index in [9.17, 15) is 9.59 Å². The highest BCUT2D eigenvalue weighted by atomic mass is 32.1. The van der Waals surface area contributed by atoms with Gasteiger partial charge in [0.05, 0.1) is 11.4 Å². The number of hydrogen-bond donors (Lipinski definition) is 2. The smallest absolute Gasteiger partial charge is 0.264 e. The molecule has 0 aliphatic heterocycles. The zero-order chi connectivity index (χ0) is 15.9. The van der Waals surface area contributed by atoms with Crippen molar-refractivity contribution < 1.29 is 9.59 Å². The number of hydrogen-bond acceptors (Lipinski definition) is 4. The van der Waals surface area contributed by atoms with E-state index < -0.39 is 0 Å². The van der Waals surface area contributed by atoms with E-state index in [1.165, 1.54) is 16.2 Å². The minimum atomic E-state index is -0.261. The molecule has 0 aliphatic carbocycles. The first-order chi connectivity index (χ1) is 10.6. The van der Waals surface area contributed by atoms with Crippen molar-refractivity contribution in [2.45, 2.75) is 6.04 Å². The van der Waals surface area contributed by atoms with Crippen LogP contribution in [0.5, 0.6) is 0 Å². The molecule has 0 radical (unpaired) electrons. The molecule has 1 aromatic carbocycles. The highest BCUT2D eigenvalue weighted by Gasteiger charge is 2.16. The number of carbonyl (C=O) groups is 2. The molecular formula is C16H19N3O2S. The zero-order valence-corrected chi connectivity index (χ0v) is 13.2. The molecule has 2 amide bonds. The largest absolute Gasteiger partial charge is 0.353 e. The molecule has 0 saturated heterocycles. The summed E-state index contributed by atoms with van der Waals surface area (Å²) in [5.74, 6) is -0.378. The molecule has 1 atom stereocenters. The number of nitrogens with two attached hydrogens (primary N) is 1. The van der Waals surface area contributed by atoms with Gasteiger partial charge < -0.3 is 16.0 Å². The lowest BCUT2D eigenvalue weighted by Gasteiger charge is -2.17. The molecule has 0 bridgehead atoms. The van der Waals surface area contributed by atoms with E-state index >= 15 is 0 Å². The lowest BCUT2D eigenvalue weighted by molar-refractivity contribution is -0.121. The molecule has 0 saturated carbocycles. The van der Waals surface area contributed by atoms with Crippen LogP contribution in [0.15, 0.2) is 47.8 Å². The quantitative estimate of drug-likeness (QED) is 0.850. The van der Waals surface area contributed by atoms with Crippen LogP contribution in [-0.4, -0.2) is 36.9 Å². The SMILES string of the molecule is CN(CC(=O)NCC(N)c1ccccc1)C(=O)c1cccs1. The van der Waals surface area contributed by atoms with Crippen molar-refractivity contribution in [3.8, 4) is 0 Å². The van der Waals surface area contributed by atoms with Crippen molar-refractivity contribution in [2.24, 2.45) is 5.73 Å². The predicted octanol–water partition coefficient (Wildman–Crippen LogP) is 1.64. The van der Waals surface area contributed by atoms with Gasteiger partial charge in [0.2, 0.25) is 5.91 Å². The Morgan fingerprint density at radius 2 is 1.95 bits per heavy atom. The minimum absolute atomic E-state index is 0.0121. The van der Waals surface area contributed by atoms with E-state index in [2.05, 4.69) is 5.32 Å². The normalized spacial score (nSPS) is 11.7. The van der Waals surface area contributed by atoms with Crippen molar-refractivity contribution in [1.29, 1.82) is 0 Å². The van der Waals surface area contributed by atoms with Gasteiger partial charge in [0.15, 0.2) is 0 Å².